The summed E-state index contributed by atoms with van der Waals surface area (Å²) in [6.45, 7) is 8.59. The van der Waals surface area contributed by atoms with Gasteiger partial charge in [0.15, 0.2) is 0 Å². The van der Waals surface area contributed by atoms with E-state index >= 15 is 0 Å². The number of aliphatic imine (C=N–C) groups is 1. The quantitative estimate of drug-likeness (QED) is 0.779. The van der Waals surface area contributed by atoms with E-state index in [-0.39, 0.29) is 35.4 Å². The van der Waals surface area contributed by atoms with Crippen LogP contribution >= 0.6 is 0 Å². The van der Waals surface area contributed by atoms with E-state index in [1.165, 1.54) is 11.0 Å². The highest BCUT2D eigenvalue weighted by atomic mass is 19.4. The molecule has 1 aliphatic rings. The van der Waals surface area contributed by atoms with Crippen molar-refractivity contribution in [3.63, 3.8) is 0 Å². The molecule has 1 heterocycles. The molecule has 0 bridgehead atoms. The molecule has 5 nitrogen and oxygen atoms in total. The third-order valence-corrected chi connectivity index (χ3v) is 3.79. The maximum atomic E-state index is 12.9. The number of carbonyl (C=O) groups excluding carboxylic acids is 1. The van der Waals surface area contributed by atoms with Gasteiger partial charge in [-0.1, -0.05) is 6.58 Å². The summed E-state index contributed by atoms with van der Waals surface area (Å²) < 4.78 is 38.7. The van der Waals surface area contributed by atoms with E-state index in [4.69, 9.17) is 0 Å². The molecule has 24 heavy (non-hydrogen) atoms. The number of rotatable bonds is 6. The molecule has 0 spiro atoms. The zero-order valence-corrected chi connectivity index (χ0v) is 13.3. The molecule has 2 rings (SSSR count). The lowest BCUT2D eigenvalue weighted by Crippen LogP contribution is -2.58. The minimum atomic E-state index is -4.47. The molecule has 0 aliphatic carbocycles. The lowest BCUT2D eigenvalue weighted by Gasteiger charge is -2.29. The largest absolute Gasteiger partial charge is 0.416 e. The molecule has 130 valence electrons. The van der Waals surface area contributed by atoms with Crippen LogP contribution in [-0.4, -0.2) is 50.2 Å². The lowest BCUT2D eigenvalue weighted by atomic mass is 10.1. The third-order valence-electron chi connectivity index (χ3n) is 3.79. The SMILES string of the molecule is C=Nc1ccc(C(F)(F)F)cc1C(=C)N(C)CC(=O)NC1CNC1. The third kappa shape index (κ3) is 4.14. The van der Waals surface area contributed by atoms with Gasteiger partial charge in [0, 0.05) is 31.4 Å². The summed E-state index contributed by atoms with van der Waals surface area (Å²) in [7, 11) is 1.59. The number of carbonyl (C=O) groups is 1. The van der Waals surface area contributed by atoms with E-state index in [9.17, 15) is 18.0 Å². The first-order valence-electron chi connectivity index (χ1n) is 7.31. The Labute approximate surface area is 138 Å². The van der Waals surface area contributed by atoms with Gasteiger partial charge in [-0.25, -0.2) is 0 Å². The van der Waals surface area contributed by atoms with Gasteiger partial charge in [0.25, 0.3) is 0 Å². The van der Waals surface area contributed by atoms with E-state index in [1.807, 2.05) is 0 Å². The molecule has 1 amide bonds. The smallest absolute Gasteiger partial charge is 0.365 e. The monoisotopic (exact) mass is 340 g/mol. The number of nitrogens with one attached hydrogen (secondary N) is 2. The van der Waals surface area contributed by atoms with Crippen LogP contribution in [0.25, 0.3) is 5.70 Å². The second-order valence-electron chi connectivity index (χ2n) is 5.61. The van der Waals surface area contributed by atoms with Crippen LogP contribution in [-0.2, 0) is 11.0 Å². The molecule has 0 saturated carbocycles. The first-order chi connectivity index (χ1) is 11.2. The summed E-state index contributed by atoms with van der Waals surface area (Å²) in [5.74, 6) is -0.217. The molecule has 0 atom stereocenters. The van der Waals surface area contributed by atoms with E-state index in [0.29, 0.717) is 13.1 Å². The van der Waals surface area contributed by atoms with Gasteiger partial charge in [-0.2, -0.15) is 13.2 Å². The fourth-order valence-corrected chi connectivity index (χ4v) is 2.26. The topological polar surface area (TPSA) is 56.7 Å². The van der Waals surface area contributed by atoms with Gasteiger partial charge in [0.1, 0.15) is 0 Å². The number of benzene rings is 1. The van der Waals surface area contributed by atoms with Crippen LogP contribution < -0.4 is 10.6 Å². The number of halogens is 3. The highest BCUT2D eigenvalue weighted by Gasteiger charge is 2.31. The number of alkyl halides is 3. The highest BCUT2D eigenvalue weighted by molar-refractivity contribution is 5.82. The van der Waals surface area contributed by atoms with Crippen LogP contribution in [0.15, 0.2) is 29.8 Å². The average Bonchev–Trinajstić information content (AvgIpc) is 2.48. The summed E-state index contributed by atoms with van der Waals surface area (Å²) in [6, 6.07) is 3.25. The van der Waals surface area contributed by atoms with Crippen molar-refractivity contribution >= 4 is 24.0 Å². The van der Waals surface area contributed by atoms with Gasteiger partial charge in [0.2, 0.25) is 5.91 Å². The van der Waals surface area contributed by atoms with E-state index < -0.39 is 11.7 Å². The average molecular weight is 340 g/mol. The van der Waals surface area contributed by atoms with Gasteiger partial charge in [-0.05, 0) is 24.9 Å². The van der Waals surface area contributed by atoms with Crippen LogP contribution in [0.3, 0.4) is 0 Å². The van der Waals surface area contributed by atoms with Crippen LogP contribution in [0.5, 0.6) is 0 Å². The van der Waals surface area contributed by atoms with E-state index in [1.54, 1.807) is 7.05 Å². The number of hydrogen-bond donors (Lipinski definition) is 2. The van der Waals surface area contributed by atoms with Gasteiger partial charge in [-0.3, -0.25) is 9.79 Å². The zero-order chi connectivity index (χ0) is 17.9. The van der Waals surface area contributed by atoms with Crippen LogP contribution in [0.1, 0.15) is 11.1 Å². The Morgan fingerprint density at radius 3 is 2.62 bits per heavy atom. The summed E-state index contributed by atoms with van der Waals surface area (Å²) in [4.78, 5) is 17.2. The molecule has 0 radical (unpaired) electrons. The lowest BCUT2D eigenvalue weighted by molar-refractivity contribution is -0.137. The normalized spacial score (nSPS) is 14.7. The second-order valence-corrected chi connectivity index (χ2v) is 5.61. The molecule has 2 N–H and O–H groups in total. The first-order valence-corrected chi connectivity index (χ1v) is 7.31. The predicted molar refractivity (Wildman–Crippen MR) is 87.1 cm³/mol. The zero-order valence-electron chi connectivity index (χ0n) is 13.3. The Balaban J connectivity index is 2.14. The van der Waals surface area contributed by atoms with Gasteiger partial charge in [0.05, 0.1) is 23.8 Å². The van der Waals surface area contributed by atoms with Crippen molar-refractivity contribution in [2.75, 3.05) is 26.7 Å². The number of likely N-dealkylation sites (N-methyl/N-ethyl adjacent to an activating group) is 1. The Morgan fingerprint density at radius 2 is 2.12 bits per heavy atom. The molecular weight excluding hydrogens is 321 g/mol. The summed E-state index contributed by atoms with van der Waals surface area (Å²) in [5.41, 5.74) is -0.0567. The molecule has 1 fully saturated rings. The Hall–Kier alpha value is -2.35. The minimum Gasteiger partial charge on any atom is -0.365 e. The van der Waals surface area contributed by atoms with Gasteiger partial charge < -0.3 is 15.5 Å². The second kappa shape index (κ2) is 7.04. The van der Waals surface area contributed by atoms with Crippen molar-refractivity contribution in [2.24, 2.45) is 4.99 Å². The Kier molecular flexibility index (Phi) is 5.28. The molecule has 1 aromatic rings. The molecule has 1 saturated heterocycles. The van der Waals surface area contributed by atoms with E-state index in [0.717, 1.165) is 12.1 Å². The number of nitrogens with zero attached hydrogens (tertiary/aromatic N) is 2. The van der Waals surface area contributed by atoms with Crippen LogP contribution in [0, 0.1) is 0 Å². The Bertz CT molecular complexity index is 653. The van der Waals surface area contributed by atoms with Crippen molar-refractivity contribution in [2.45, 2.75) is 12.2 Å². The molecule has 1 aliphatic heterocycles. The highest BCUT2D eigenvalue weighted by Crippen LogP contribution is 2.35. The van der Waals surface area contributed by atoms with Crippen molar-refractivity contribution in [1.29, 1.82) is 0 Å². The summed E-state index contributed by atoms with van der Waals surface area (Å²) in [6.07, 6.45) is -4.47. The Morgan fingerprint density at radius 1 is 1.46 bits per heavy atom. The number of amides is 1. The maximum Gasteiger partial charge on any atom is 0.416 e. The van der Waals surface area contributed by atoms with Crippen molar-refractivity contribution < 1.29 is 18.0 Å². The molecule has 1 aromatic carbocycles. The summed E-state index contributed by atoms with van der Waals surface area (Å²) in [5, 5.41) is 5.85. The van der Waals surface area contributed by atoms with Gasteiger partial charge >= 0.3 is 6.18 Å². The molecule has 0 aromatic heterocycles. The summed E-state index contributed by atoms with van der Waals surface area (Å²) >= 11 is 0. The fourth-order valence-electron chi connectivity index (χ4n) is 2.26. The molecular formula is C16H19F3N4O. The van der Waals surface area contributed by atoms with E-state index in [2.05, 4.69) is 28.9 Å². The fraction of sp³-hybridized carbons (Fsp3) is 0.375. The first kappa shape index (κ1) is 18.0. The van der Waals surface area contributed by atoms with Crippen LogP contribution in [0.2, 0.25) is 0 Å². The number of hydrogen-bond acceptors (Lipinski definition) is 4. The predicted octanol–water partition coefficient (Wildman–Crippen LogP) is 2.03. The molecule has 8 heteroatoms. The standard InChI is InChI=1S/C16H19F3N4O/c1-10(23(3)9-15(24)22-12-7-21-8-12)13-6-11(16(17,18)19)4-5-14(13)20-2/h4-6,12,21H,1-2,7-9H2,3H3,(H,22,24). The minimum absolute atomic E-state index is 0.0117. The van der Waals surface area contributed by atoms with Crippen molar-refractivity contribution in [3.05, 3.63) is 35.9 Å². The van der Waals surface area contributed by atoms with Gasteiger partial charge in [-0.15, -0.1) is 0 Å². The van der Waals surface area contributed by atoms with Crippen molar-refractivity contribution in [1.82, 2.24) is 15.5 Å². The van der Waals surface area contributed by atoms with Crippen LogP contribution in [0.4, 0.5) is 18.9 Å². The maximum absolute atomic E-state index is 12.9. The van der Waals surface area contributed by atoms with Crippen molar-refractivity contribution in [3.8, 4) is 0 Å². The molecule has 0 unspecified atom stereocenters.